The van der Waals surface area contributed by atoms with Gasteiger partial charge in [0.05, 0.1) is 16.9 Å². The number of nitrogens with one attached hydrogen (secondary N) is 2. The zero-order valence-electron chi connectivity index (χ0n) is 23.2. The van der Waals surface area contributed by atoms with Crippen LogP contribution in [0.3, 0.4) is 0 Å². The van der Waals surface area contributed by atoms with E-state index in [0.717, 1.165) is 31.3 Å². The normalized spacial score (nSPS) is 14.3. The second-order valence-electron chi connectivity index (χ2n) is 9.91. The lowest BCUT2D eigenvalue weighted by molar-refractivity contribution is -0.138. The number of amides is 1. The summed E-state index contributed by atoms with van der Waals surface area (Å²) < 4.78 is 42.0. The molecule has 1 aliphatic rings. The van der Waals surface area contributed by atoms with Crippen molar-refractivity contribution in [2.24, 2.45) is 0 Å². The Kier molecular flexibility index (Phi) is 8.61. The molecule has 1 aliphatic heterocycles. The third kappa shape index (κ3) is 6.99. The molecule has 0 atom stereocenters. The second kappa shape index (κ2) is 12.5. The summed E-state index contributed by atoms with van der Waals surface area (Å²) in [6.45, 7) is 7.92. The molecule has 2 N–H and O–H groups in total. The average molecular weight is 575 g/mol. The van der Waals surface area contributed by atoms with E-state index in [1.54, 1.807) is 42.9 Å². The molecule has 0 unspecified atom stereocenters. The lowest BCUT2D eigenvalue weighted by Gasteiger charge is -2.34. The number of hydrogen-bond acceptors (Lipinski definition) is 8. The number of benzene rings is 1. The van der Waals surface area contributed by atoms with Crippen LogP contribution in [-0.4, -0.2) is 68.4 Å². The summed E-state index contributed by atoms with van der Waals surface area (Å²) in [5.74, 6) is -0.295. The van der Waals surface area contributed by atoms with E-state index in [4.69, 9.17) is 0 Å². The van der Waals surface area contributed by atoms with Crippen LogP contribution in [0, 0.1) is 19.1 Å². The van der Waals surface area contributed by atoms with Gasteiger partial charge in [-0.1, -0.05) is 19.1 Å². The molecule has 0 saturated carbocycles. The minimum absolute atomic E-state index is 0.0107. The highest BCUT2D eigenvalue weighted by Crippen LogP contribution is 2.33. The highest BCUT2D eigenvalue weighted by atomic mass is 19.4. The van der Waals surface area contributed by atoms with Crippen LogP contribution in [0.2, 0.25) is 0 Å². The molecule has 5 rings (SSSR count). The summed E-state index contributed by atoms with van der Waals surface area (Å²) in [5, 5.41) is 5.65. The zero-order valence-corrected chi connectivity index (χ0v) is 23.2. The number of carbonyl (C=O) groups excluding carboxylic acids is 1. The molecular weight excluding hydrogens is 545 g/mol. The summed E-state index contributed by atoms with van der Waals surface area (Å²) in [7, 11) is 0. The van der Waals surface area contributed by atoms with Gasteiger partial charge in [0.1, 0.15) is 6.33 Å². The van der Waals surface area contributed by atoms with Crippen LogP contribution in [0.5, 0.6) is 0 Å². The first-order valence-electron chi connectivity index (χ1n) is 13.5. The van der Waals surface area contributed by atoms with Crippen molar-refractivity contribution >= 4 is 23.2 Å². The number of halogens is 3. The van der Waals surface area contributed by atoms with E-state index in [1.807, 2.05) is 11.8 Å². The fraction of sp³-hybridized carbons (Fsp3) is 0.300. The molecule has 1 fully saturated rings. The fourth-order valence-corrected chi connectivity index (χ4v) is 4.63. The van der Waals surface area contributed by atoms with Crippen LogP contribution in [0.4, 0.5) is 30.5 Å². The van der Waals surface area contributed by atoms with Crippen LogP contribution >= 0.6 is 0 Å². The molecular formula is C30H29F3N8O. The Morgan fingerprint density at radius 1 is 1.02 bits per heavy atom. The van der Waals surface area contributed by atoms with Crippen LogP contribution in [-0.2, 0) is 12.7 Å². The molecule has 2 aromatic carbocycles. The van der Waals surface area contributed by atoms with Crippen molar-refractivity contribution in [2.75, 3.05) is 43.4 Å². The van der Waals surface area contributed by atoms with E-state index in [9.17, 15) is 18.0 Å². The van der Waals surface area contributed by atoms with Gasteiger partial charge < -0.3 is 15.5 Å². The number of rotatable bonds is 8. The van der Waals surface area contributed by atoms with E-state index in [-0.39, 0.29) is 23.4 Å². The second-order valence-corrected chi connectivity index (χ2v) is 9.91. The van der Waals surface area contributed by atoms with Crippen molar-refractivity contribution in [2.45, 2.75) is 26.6 Å². The topological polar surface area (TPSA) is 99.2 Å². The third-order valence-corrected chi connectivity index (χ3v) is 7.07. The minimum Gasteiger partial charge on any atom is -0.324 e. The highest BCUT2D eigenvalue weighted by molar-refractivity contribution is 6.04. The summed E-state index contributed by atoms with van der Waals surface area (Å²) in [6, 6.07) is 12.9. The highest BCUT2D eigenvalue weighted by Gasteiger charge is 2.34. The van der Waals surface area contributed by atoms with Crippen LogP contribution in [0.25, 0.3) is 11.3 Å². The van der Waals surface area contributed by atoms with Crippen molar-refractivity contribution in [3.05, 3.63) is 89.6 Å². The Bertz CT molecular complexity index is 1540. The van der Waals surface area contributed by atoms with Gasteiger partial charge in [-0.05, 0) is 49.4 Å². The molecule has 2 aromatic heterocycles. The largest absolute Gasteiger partial charge is 0.417 e. The monoisotopic (exact) mass is 574 g/mol. The first kappa shape index (κ1) is 28.9. The molecule has 1 saturated heterocycles. The number of nitrogens with zero attached hydrogens (tertiary/aromatic N) is 6. The lowest BCUT2D eigenvalue weighted by Crippen LogP contribution is -2.45. The van der Waals surface area contributed by atoms with Crippen molar-refractivity contribution in [3.63, 3.8) is 0 Å². The average Bonchev–Trinajstić information content (AvgIpc) is 2.99. The zero-order chi connectivity index (χ0) is 29.7. The molecule has 42 heavy (non-hydrogen) atoms. The Labute approximate surface area is 241 Å². The Morgan fingerprint density at radius 3 is 2.48 bits per heavy atom. The number of piperazine rings is 1. The van der Waals surface area contributed by atoms with Gasteiger partial charge in [-0.25, -0.2) is 19.9 Å². The van der Waals surface area contributed by atoms with Gasteiger partial charge >= 0.3 is 6.18 Å². The Hall–Kier alpha value is -4.60. The molecule has 0 bridgehead atoms. The van der Waals surface area contributed by atoms with Gasteiger partial charge in [0.25, 0.3) is 5.91 Å². The van der Waals surface area contributed by atoms with Crippen LogP contribution in [0.15, 0.2) is 55.2 Å². The molecule has 0 spiro atoms. The van der Waals surface area contributed by atoms with Crippen LogP contribution in [0.1, 0.15) is 34.0 Å². The smallest absolute Gasteiger partial charge is 0.324 e. The molecule has 0 aliphatic carbocycles. The van der Waals surface area contributed by atoms with E-state index in [0.29, 0.717) is 36.0 Å². The number of aryl methyl sites for hydroxylation is 1. The number of carbonyl (C=O) groups is 1. The third-order valence-electron chi connectivity index (χ3n) is 7.07. The Morgan fingerprint density at radius 2 is 1.76 bits per heavy atom. The van der Waals surface area contributed by atoms with E-state index in [2.05, 4.69) is 54.5 Å². The minimum atomic E-state index is -4.60. The fourth-order valence-electron chi connectivity index (χ4n) is 4.63. The standard InChI is InChI=1S/C30H29F3N8O/c1-3-40-10-12-41(13-11-40)18-22-6-7-24(15-25(22)30(31,32)33)37-28(42)21-5-4-20(2)27(14-21)39-29-36-9-8-26(38-29)23-16-34-19-35-17-23/h4-5,8-9,14-17,19H,3,10-13,18H2,1-2H3,(H,37,42)(H,36,38,39). The van der Waals surface area contributed by atoms with E-state index >= 15 is 0 Å². The maximum absolute atomic E-state index is 14.0. The molecule has 4 aromatic rings. The maximum atomic E-state index is 14.0. The first-order chi connectivity index (χ1) is 20.2. The van der Waals surface area contributed by atoms with Gasteiger partial charge in [0.2, 0.25) is 5.95 Å². The van der Waals surface area contributed by atoms with Gasteiger partial charge in [-0.3, -0.25) is 9.69 Å². The number of hydrogen-bond donors (Lipinski definition) is 2. The predicted octanol–water partition coefficient (Wildman–Crippen LogP) is 4.99. The summed E-state index contributed by atoms with van der Waals surface area (Å²) in [6.07, 6.45) is 1.67. The number of aromatic nitrogens is 4. The number of anilines is 3. The van der Waals surface area contributed by atoms with Crippen molar-refractivity contribution in [3.8, 4) is 11.3 Å². The van der Waals surface area contributed by atoms with Crippen LogP contribution < -0.4 is 10.6 Å². The molecule has 1 amide bonds. The van der Waals surface area contributed by atoms with Crippen molar-refractivity contribution in [1.82, 2.24) is 29.7 Å². The summed E-state index contributed by atoms with van der Waals surface area (Å²) >= 11 is 0. The molecule has 3 heterocycles. The quantitative estimate of drug-likeness (QED) is 0.304. The predicted molar refractivity (Wildman–Crippen MR) is 152 cm³/mol. The molecule has 12 heteroatoms. The summed E-state index contributed by atoms with van der Waals surface area (Å²) in [5.41, 5.74) is 2.00. The van der Waals surface area contributed by atoms with E-state index in [1.165, 1.54) is 6.33 Å². The molecule has 9 nitrogen and oxygen atoms in total. The molecule has 216 valence electrons. The first-order valence-corrected chi connectivity index (χ1v) is 13.5. The SMILES string of the molecule is CCN1CCN(Cc2c#cc(NC(=O)c3ccc(C)c(Nc4nccc(-c5cncnc5)n4)c3)cc2C(F)(F)F)CC1. The van der Waals surface area contributed by atoms with Gasteiger partial charge in [-0.2, -0.15) is 13.2 Å². The summed E-state index contributed by atoms with van der Waals surface area (Å²) in [4.78, 5) is 34.1. The van der Waals surface area contributed by atoms with Gasteiger partial charge in [-0.15, -0.1) is 0 Å². The Balaban J connectivity index is 1.31. The van der Waals surface area contributed by atoms with Gasteiger partial charge in [0.15, 0.2) is 0 Å². The van der Waals surface area contributed by atoms with Gasteiger partial charge in [0, 0.05) is 73.7 Å². The van der Waals surface area contributed by atoms with E-state index < -0.39 is 17.6 Å². The lowest BCUT2D eigenvalue weighted by atomic mass is 10.1. The van der Waals surface area contributed by atoms with Crippen molar-refractivity contribution in [1.29, 1.82) is 0 Å². The number of alkyl halides is 3. The van der Waals surface area contributed by atoms with Crippen molar-refractivity contribution < 1.29 is 18.0 Å². The molecule has 0 radical (unpaired) electrons. The maximum Gasteiger partial charge on any atom is 0.417 e. The number of likely N-dealkylation sites (N-methyl/N-ethyl adjacent to an activating group) is 1.